The van der Waals surface area contributed by atoms with Gasteiger partial charge >= 0.3 is 5.69 Å². The summed E-state index contributed by atoms with van der Waals surface area (Å²) < 4.78 is 7.89. The molecule has 144 valence electrons. The van der Waals surface area contributed by atoms with Crippen molar-refractivity contribution in [1.82, 2.24) is 14.9 Å². The number of hydrogen-bond donors (Lipinski definition) is 3. The number of aromatic nitrogens is 2. The molecule has 0 bridgehead atoms. The number of amides is 1. The second kappa shape index (κ2) is 8.51. The van der Waals surface area contributed by atoms with Gasteiger partial charge in [-0.15, -0.1) is 0 Å². The van der Waals surface area contributed by atoms with Crippen LogP contribution in [0.3, 0.4) is 0 Å². The number of nitrogens with zero attached hydrogens (tertiary/aromatic N) is 2. The van der Waals surface area contributed by atoms with E-state index in [1.54, 1.807) is 0 Å². The number of anilines is 1. The Morgan fingerprint density at radius 3 is 2.89 bits per heavy atom. The smallest absolute Gasteiger partial charge is 0.351 e. The summed E-state index contributed by atoms with van der Waals surface area (Å²) in [7, 11) is 0. The van der Waals surface area contributed by atoms with E-state index in [-0.39, 0.29) is 24.6 Å². The van der Waals surface area contributed by atoms with Gasteiger partial charge in [0, 0.05) is 17.1 Å². The van der Waals surface area contributed by atoms with Gasteiger partial charge in [-0.2, -0.15) is 4.98 Å². The number of aliphatic hydroxyl groups is 1. The Hall–Kier alpha value is -1.75. The second-order valence-corrected chi connectivity index (χ2v) is 7.98. The summed E-state index contributed by atoms with van der Waals surface area (Å²) >= 11 is 6.76. The van der Waals surface area contributed by atoms with Crippen LogP contribution in [0, 0.1) is 0 Å². The van der Waals surface area contributed by atoms with Gasteiger partial charge in [-0.1, -0.05) is 50.1 Å². The number of alkyl halides is 1. The van der Waals surface area contributed by atoms with E-state index in [2.05, 4.69) is 42.2 Å². The Bertz CT molecular complexity index is 891. The first-order valence-electron chi connectivity index (χ1n) is 8.20. The zero-order valence-electron chi connectivity index (χ0n) is 14.1. The molecule has 0 spiro atoms. The number of nitrogen functional groups attached to an aromatic ring is 1. The minimum Gasteiger partial charge on any atom is -0.390 e. The second-order valence-electron chi connectivity index (χ2n) is 6.14. The zero-order chi connectivity index (χ0) is 19.6. The first-order valence-corrected chi connectivity index (χ1v) is 9.91. The maximum atomic E-state index is 12.3. The van der Waals surface area contributed by atoms with Gasteiger partial charge in [0.15, 0.2) is 0 Å². The van der Waals surface area contributed by atoms with Crippen LogP contribution in [0.25, 0.3) is 0 Å². The summed E-state index contributed by atoms with van der Waals surface area (Å²) in [4.78, 5) is 27.3. The molecule has 10 heteroatoms. The molecule has 1 aromatic heterocycles. The fourth-order valence-electron chi connectivity index (χ4n) is 2.86. The summed E-state index contributed by atoms with van der Waals surface area (Å²) in [6.45, 7) is 0. The molecule has 1 aliphatic heterocycles. The van der Waals surface area contributed by atoms with Crippen LogP contribution in [0.2, 0.25) is 0 Å². The minimum absolute atomic E-state index is 0.115. The van der Waals surface area contributed by atoms with E-state index < -0.39 is 29.1 Å². The molecule has 8 nitrogen and oxygen atoms in total. The molecule has 1 fully saturated rings. The van der Waals surface area contributed by atoms with Gasteiger partial charge in [0.1, 0.15) is 23.1 Å². The largest absolute Gasteiger partial charge is 0.390 e. The van der Waals surface area contributed by atoms with Crippen molar-refractivity contribution in [2.24, 2.45) is 0 Å². The van der Waals surface area contributed by atoms with Crippen LogP contribution in [0.5, 0.6) is 0 Å². The van der Waals surface area contributed by atoms with Crippen molar-refractivity contribution in [3.05, 3.63) is 57.0 Å². The van der Waals surface area contributed by atoms with Crippen LogP contribution in [0.15, 0.2) is 45.8 Å². The first-order chi connectivity index (χ1) is 12.8. The number of rotatable bonds is 5. The molecular weight excluding hydrogens is 484 g/mol. The average Bonchev–Trinajstić information content (AvgIpc) is 2.98. The van der Waals surface area contributed by atoms with E-state index in [0.717, 1.165) is 10.0 Å². The topological polar surface area (TPSA) is 119 Å². The van der Waals surface area contributed by atoms with Gasteiger partial charge in [-0.25, -0.2) is 4.79 Å². The van der Waals surface area contributed by atoms with Gasteiger partial charge in [-0.3, -0.25) is 9.36 Å². The summed E-state index contributed by atoms with van der Waals surface area (Å²) in [5, 5.41) is 13.1. The number of nitrogens with one attached hydrogen (secondary N) is 1. The number of ether oxygens (including phenoxy) is 1. The van der Waals surface area contributed by atoms with E-state index in [1.165, 1.54) is 16.8 Å². The molecule has 4 N–H and O–H groups in total. The van der Waals surface area contributed by atoms with Crippen molar-refractivity contribution in [3.63, 3.8) is 0 Å². The van der Waals surface area contributed by atoms with E-state index >= 15 is 0 Å². The van der Waals surface area contributed by atoms with Gasteiger partial charge in [0.25, 0.3) is 0 Å². The number of carbonyl (C=O) groups excluding carboxylic acids is 1. The van der Waals surface area contributed by atoms with Crippen LogP contribution in [-0.4, -0.2) is 37.7 Å². The normalized spacial score (nSPS) is 23.1. The van der Waals surface area contributed by atoms with Gasteiger partial charge < -0.3 is 20.9 Å². The third-order valence-corrected chi connectivity index (χ3v) is 5.72. The van der Waals surface area contributed by atoms with Crippen LogP contribution in [0.4, 0.5) is 5.82 Å². The Balaban J connectivity index is 1.63. The third kappa shape index (κ3) is 4.75. The molecule has 4 atom stereocenters. The molecule has 1 saturated heterocycles. The lowest BCUT2D eigenvalue weighted by Gasteiger charge is -2.22. The maximum Gasteiger partial charge on any atom is 0.351 e. The van der Waals surface area contributed by atoms with Crippen molar-refractivity contribution in [3.8, 4) is 0 Å². The van der Waals surface area contributed by atoms with Crippen molar-refractivity contribution in [1.29, 1.82) is 0 Å². The Morgan fingerprint density at radius 2 is 2.19 bits per heavy atom. The van der Waals surface area contributed by atoms with Gasteiger partial charge in [-0.05, 0) is 17.7 Å². The number of carbonyl (C=O) groups is 1. The number of aliphatic hydroxyl groups excluding tert-OH is 1. The standard InChI is InChI=1S/C17H18Br2N4O4/c18-10-4-2-1-3-9(10)7-13(25)22-16(19)15-11(24)8-14(27-15)23-6-5-12(20)21-17(23)26/h1-6,11,14-16,24H,7-8H2,(H,22,25)(H2,20,21,26)/t11-,14+,15-,16?/m0/s1. The first kappa shape index (κ1) is 20.0. The lowest BCUT2D eigenvalue weighted by Crippen LogP contribution is -2.44. The quantitative estimate of drug-likeness (QED) is 0.420. The molecule has 2 aromatic rings. The fourth-order valence-corrected chi connectivity index (χ4v) is 4.02. The summed E-state index contributed by atoms with van der Waals surface area (Å²) in [5.74, 6) is -0.113. The number of nitrogens with two attached hydrogens (primary N) is 1. The van der Waals surface area contributed by atoms with Crippen molar-refractivity contribution in [2.75, 3.05) is 5.73 Å². The highest BCUT2D eigenvalue weighted by atomic mass is 79.9. The molecule has 0 radical (unpaired) electrons. The fraction of sp³-hybridized carbons (Fsp3) is 0.353. The predicted octanol–water partition coefficient (Wildman–Crippen LogP) is 1.32. The lowest BCUT2D eigenvalue weighted by molar-refractivity contribution is -0.122. The molecule has 1 amide bonds. The molecule has 0 aliphatic carbocycles. The van der Waals surface area contributed by atoms with Gasteiger partial charge in [0.2, 0.25) is 5.91 Å². The highest BCUT2D eigenvalue weighted by molar-refractivity contribution is 9.10. The average molecular weight is 502 g/mol. The van der Waals surface area contributed by atoms with Crippen molar-refractivity contribution in [2.45, 2.75) is 36.2 Å². The third-order valence-electron chi connectivity index (χ3n) is 4.19. The van der Waals surface area contributed by atoms with E-state index in [0.29, 0.717) is 0 Å². The minimum atomic E-state index is -0.868. The molecule has 0 saturated carbocycles. The van der Waals surface area contributed by atoms with Crippen molar-refractivity contribution >= 4 is 43.6 Å². The van der Waals surface area contributed by atoms with E-state index in [4.69, 9.17) is 10.5 Å². The number of benzene rings is 1. The summed E-state index contributed by atoms with van der Waals surface area (Å²) in [6, 6.07) is 8.92. The Labute approximate surface area is 172 Å². The SMILES string of the molecule is Nc1ccn([C@H]2C[C@H](O)[C@@H](C(Br)NC(=O)Cc3ccccc3Br)O2)c(=O)n1. The molecule has 3 rings (SSSR count). The number of hydrogen-bond acceptors (Lipinski definition) is 6. The van der Waals surface area contributed by atoms with Gasteiger partial charge in [0.05, 0.1) is 12.5 Å². The Morgan fingerprint density at radius 1 is 1.44 bits per heavy atom. The molecule has 27 heavy (non-hydrogen) atoms. The van der Waals surface area contributed by atoms with Crippen molar-refractivity contribution < 1.29 is 14.6 Å². The highest BCUT2D eigenvalue weighted by Crippen LogP contribution is 2.31. The molecule has 2 heterocycles. The summed E-state index contributed by atoms with van der Waals surface area (Å²) in [6.07, 6.45) is -0.435. The predicted molar refractivity (Wildman–Crippen MR) is 106 cm³/mol. The van der Waals surface area contributed by atoms with Crippen LogP contribution in [-0.2, 0) is 16.0 Å². The van der Waals surface area contributed by atoms with Crippen LogP contribution in [0.1, 0.15) is 18.2 Å². The van der Waals surface area contributed by atoms with Crippen LogP contribution < -0.4 is 16.7 Å². The summed E-state index contributed by atoms with van der Waals surface area (Å²) in [5.41, 5.74) is 5.77. The lowest BCUT2D eigenvalue weighted by atomic mass is 10.1. The monoisotopic (exact) mass is 500 g/mol. The highest BCUT2D eigenvalue weighted by Gasteiger charge is 2.40. The molecular formula is C17H18Br2N4O4. The van der Waals surface area contributed by atoms with Crippen LogP contribution >= 0.6 is 31.9 Å². The van der Waals surface area contributed by atoms with E-state index in [9.17, 15) is 14.7 Å². The molecule has 1 unspecified atom stereocenters. The zero-order valence-corrected chi connectivity index (χ0v) is 17.3. The molecule has 1 aromatic carbocycles. The number of halogens is 2. The maximum absolute atomic E-state index is 12.3. The Kier molecular flexibility index (Phi) is 6.30. The molecule has 1 aliphatic rings. The van der Waals surface area contributed by atoms with E-state index in [1.807, 2.05) is 24.3 Å².